The minimum atomic E-state index is 0.00786. The molecule has 1 heteroatoms. The molecule has 0 heterocycles. The van der Waals surface area contributed by atoms with E-state index in [1.165, 1.54) is 0 Å². The van der Waals surface area contributed by atoms with Crippen LogP contribution in [0.2, 0.25) is 0 Å². The van der Waals surface area contributed by atoms with Gasteiger partial charge in [-0.3, -0.25) is 0 Å². The maximum Gasteiger partial charge on any atom is 0.0676 e. The highest BCUT2D eigenvalue weighted by atomic mass is 16.3. The first-order valence-electron chi connectivity index (χ1n) is 4.04. The van der Waals surface area contributed by atoms with Gasteiger partial charge in [-0.25, -0.2) is 0 Å². The first-order chi connectivity index (χ1) is 5.38. The van der Waals surface area contributed by atoms with Crippen molar-refractivity contribution in [2.45, 2.75) is 20.8 Å². The van der Waals surface area contributed by atoms with Crippen molar-refractivity contribution in [3.05, 3.63) is 36.5 Å². The Kier molecular flexibility index (Phi) is 3.98. The van der Waals surface area contributed by atoms with E-state index in [2.05, 4.69) is 33.9 Å². The Hall–Kier alpha value is -0.820. The van der Waals surface area contributed by atoms with Crippen molar-refractivity contribution in [1.82, 2.24) is 0 Å². The van der Waals surface area contributed by atoms with Crippen molar-refractivity contribution in [3.63, 3.8) is 0 Å². The highest BCUT2D eigenvalue weighted by molar-refractivity contribution is 5.27. The van der Waals surface area contributed by atoms with Gasteiger partial charge < -0.3 is 5.11 Å². The Balaban J connectivity index is 4.19. The van der Waals surface area contributed by atoms with E-state index in [0.717, 1.165) is 5.57 Å². The molecule has 0 saturated heterocycles. The molecule has 1 N–H and O–H groups in total. The summed E-state index contributed by atoms with van der Waals surface area (Å²) in [5.41, 5.74) is 1.84. The number of aliphatic hydroxyl groups is 1. The Labute approximate surface area is 75.1 Å². The minimum Gasteiger partial charge on any atom is -0.392 e. The number of aliphatic hydroxyl groups excluding tert-OH is 1. The van der Waals surface area contributed by atoms with Gasteiger partial charge in [0.15, 0.2) is 0 Å². The summed E-state index contributed by atoms with van der Waals surface area (Å²) in [7, 11) is 0. The van der Waals surface area contributed by atoms with Crippen molar-refractivity contribution in [3.8, 4) is 0 Å². The Bertz CT molecular complexity index is 204. The third-order valence-electron chi connectivity index (χ3n) is 1.69. The van der Waals surface area contributed by atoms with Gasteiger partial charge in [-0.1, -0.05) is 46.1 Å². The first-order valence-corrected chi connectivity index (χ1v) is 4.04. The zero-order valence-corrected chi connectivity index (χ0v) is 8.22. The molecule has 0 aliphatic heterocycles. The molecule has 0 bridgehead atoms. The van der Waals surface area contributed by atoms with E-state index in [1.807, 2.05) is 6.08 Å². The van der Waals surface area contributed by atoms with Crippen LogP contribution in [0, 0.1) is 5.41 Å². The smallest absolute Gasteiger partial charge is 0.0676 e. The van der Waals surface area contributed by atoms with Gasteiger partial charge in [0.05, 0.1) is 6.61 Å². The molecule has 0 aromatic carbocycles. The SMILES string of the molecule is C=C(/C=C\C(=C)C(C)(C)C)CO. The summed E-state index contributed by atoms with van der Waals surface area (Å²) in [6.45, 7) is 13.9. The summed E-state index contributed by atoms with van der Waals surface area (Å²) < 4.78 is 0. The predicted octanol–water partition coefficient (Wildman–Crippen LogP) is 2.69. The van der Waals surface area contributed by atoms with Gasteiger partial charge in [0.2, 0.25) is 0 Å². The second-order valence-electron chi connectivity index (χ2n) is 3.92. The second kappa shape index (κ2) is 4.27. The van der Waals surface area contributed by atoms with Crippen molar-refractivity contribution >= 4 is 0 Å². The van der Waals surface area contributed by atoms with Crippen LogP contribution in [0.5, 0.6) is 0 Å². The topological polar surface area (TPSA) is 20.2 Å². The average Bonchev–Trinajstić information content (AvgIpc) is 1.97. The molecule has 68 valence electrons. The normalized spacial score (nSPS) is 12.0. The first kappa shape index (κ1) is 11.2. The van der Waals surface area contributed by atoms with Crippen molar-refractivity contribution in [2.75, 3.05) is 6.61 Å². The van der Waals surface area contributed by atoms with Gasteiger partial charge >= 0.3 is 0 Å². The van der Waals surface area contributed by atoms with Gasteiger partial charge in [0, 0.05) is 0 Å². The van der Waals surface area contributed by atoms with E-state index < -0.39 is 0 Å². The zero-order valence-electron chi connectivity index (χ0n) is 8.22. The van der Waals surface area contributed by atoms with Crippen LogP contribution in [-0.4, -0.2) is 11.7 Å². The molecule has 0 radical (unpaired) electrons. The lowest BCUT2D eigenvalue weighted by molar-refractivity contribution is 0.335. The largest absolute Gasteiger partial charge is 0.392 e. The van der Waals surface area contributed by atoms with Gasteiger partial charge in [-0.15, -0.1) is 0 Å². The Morgan fingerprint density at radius 1 is 1.25 bits per heavy atom. The van der Waals surface area contributed by atoms with Gasteiger partial charge in [0.1, 0.15) is 0 Å². The summed E-state index contributed by atoms with van der Waals surface area (Å²) in [6.07, 6.45) is 3.70. The molecule has 0 atom stereocenters. The quantitative estimate of drug-likeness (QED) is 0.639. The minimum absolute atomic E-state index is 0.00786. The molecule has 0 spiro atoms. The molecular formula is C11H18O. The molecule has 1 nitrogen and oxygen atoms in total. The monoisotopic (exact) mass is 166 g/mol. The van der Waals surface area contributed by atoms with E-state index in [1.54, 1.807) is 6.08 Å². The highest BCUT2D eigenvalue weighted by Crippen LogP contribution is 2.24. The molecule has 12 heavy (non-hydrogen) atoms. The van der Waals surface area contributed by atoms with E-state index in [-0.39, 0.29) is 12.0 Å². The molecule has 0 rings (SSSR count). The lowest BCUT2D eigenvalue weighted by atomic mass is 9.87. The maximum atomic E-state index is 8.67. The van der Waals surface area contributed by atoms with Crippen LogP contribution in [0.25, 0.3) is 0 Å². The van der Waals surface area contributed by atoms with Crippen LogP contribution in [0.4, 0.5) is 0 Å². The lowest BCUT2D eigenvalue weighted by Gasteiger charge is -2.18. The standard InChI is InChI=1S/C11H18O/c1-9(8-12)6-7-10(2)11(3,4)5/h6-7,12H,1-2,8H2,3-5H3/b7-6-. The molecule has 0 fully saturated rings. The number of rotatable bonds is 3. The van der Waals surface area contributed by atoms with E-state index in [0.29, 0.717) is 5.57 Å². The average molecular weight is 166 g/mol. The van der Waals surface area contributed by atoms with E-state index in [9.17, 15) is 0 Å². The number of allylic oxidation sites excluding steroid dienone is 2. The molecule has 0 unspecified atom stereocenters. The van der Waals surface area contributed by atoms with Crippen LogP contribution in [-0.2, 0) is 0 Å². The van der Waals surface area contributed by atoms with Gasteiger partial charge in [-0.05, 0) is 16.6 Å². The number of hydrogen-bond donors (Lipinski definition) is 1. The van der Waals surface area contributed by atoms with Crippen LogP contribution >= 0.6 is 0 Å². The summed E-state index contributed by atoms with van der Waals surface area (Å²) in [4.78, 5) is 0. The van der Waals surface area contributed by atoms with Gasteiger partial charge in [-0.2, -0.15) is 0 Å². The summed E-state index contributed by atoms with van der Waals surface area (Å²) in [6, 6.07) is 0. The molecule has 0 aliphatic rings. The third kappa shape index (κ3) is 4.14. The number of hydrogen-bond acceptors (Lipinski definition) is 1. The fourth-order valence-corrected chi connectivity index (χ4v) is 0.521. The Morgan fingerprint density at radius 2 is 1.75 bits per heavy atom. The maximum absolute atomic E-state index is 8.67. The van der Waals surface area contributed by atoms with Crippen molar-refractivity contribution in [1.29, 1.82) is 0 Å². The van der Waals surface area contributed by atoms with Gasteiger partial charge in [0.25, 0.3) is 0 Å². The molecule has 0 aliphatic carbocycles. The third-order valence-corrected chi connectivity index (χ3v) is 1.69. The van der Waals surface area contributed by atoms with E-state index in [4.69, 9.17) is 5.11 Å². The molecule has 0 aromatic heterocycles. The summed E-state index contributed by atoms with van der Waals surface area (Å²) in [5, 5.41) is 8.67. The van der Waals surface area contributed by atoms with Crippen LogP contribution in [0.3, 0.4) is 0 Å². The van der Waals surface area contributed by atoms with Crippen LogP contribution in [0.1, 0.15) is 20.8 Å². The summed E-state index contributed by atoms with van der Waals surface area (Å²) in [5.74, 6) is 0. The predicted molar refractivity (Wildman–Crippen MR) is 54.0 cm³/mol. The second-order valence-corrected chi connectivity index (χ2v) is 3.92. The fraction of sp³-hybridized carbons (Fsp3) is 0.455. The lowest BCUT2D eigenvalue weighted by Crippen LogP contribution is -2.05. The van der Waals surface area contributed by atoms with Crippen LogP contribution < -0.4 is 0 Å². The fourth-order valence-electron chi connectivity index (χ4n) is 0.521. The van der Waals surface area contributed by atoms with E-state index >= 15 is 0 Å². The van der Waals surface area contributed by atoms with Crippen LogP contribution in [0.15, 0.2) is 36.5 Å². The van der Waals surface area contributed by atoms with Crippen molar-refractivity contribution in [2.24, 2.45) is 5.41 Å². The Morgan fingerprint density at radius 3 is 2.08 bits per heavy atom. The molecule has 0 aromatic rings. The molecular weight excluding hydrogens is 148 g/mol. The molecule has 0 saturated carbocycles. The zero-order chi connectivity index (χ0) is 9.78. The highest BCUT2D eigenvalue weighted by Gasteiger charge is 2.11. The van der Waals surface area contributed by atoms with Crippen molar-refractivity contribution < 1.29 is 5.11 Å². The summed E-state index contributed by atoms with van der Waals surface area (Å²) >= 11 is 0. The molecule has 0 amide bonds.